The smallest absolute Gasteiger partial charge is 0.242 e. The molecule has 1 aliphatic heterocycles. The second-order valence-corrected chi connectivity index (χ2v) is 4.74. The van der Waals surface area contributed by atoms with E-state index in [-0.39, 0.29) is 11.9 Å². The van der Waals surface area contributed by atoms with Gasteiger partial charge in [0.1, 0.15) is 6.04 Å². The average molecular weight is 284 g/mol. The van der Waals surface area contributed by atoms with Crippen LogP contribution in [0.15, 0.2) is 22.9 Å². The highest BCUT2D eigenvalue weighted by atomic mass is 79.9. The molecule has 1 atom stereocenters. The maximum Gasteiger partial charge on any atom is 0.242 e. The van der Waals surface area contributed by atoms with Crippen molar-refractivity contribution in [2.45, 2.75) is 18.9 Å². The highest BCUT2D eigenvalue weighted by molar-refractivity contribution is 9.10. The van der Waals surface area contributed by atoms with Crippen molar-refractivity contribution in [2.75, 3.05) is 18.5 Å². The van der Waals surface area contributed by atoms with Crippen LogP contribution in [0.5, 0.6) is 0 Å². The fraction of sp³-hybridized carbons (Fsp3) is 0.455. The second-order valence-electron chi connectivity index (χ2n) is 3.83. The van der Waals surface area contributed by atoms with Crippen molar-refractivity contribution in [1.29, 1.82) is 0 Å². The number of rotatable bonds is 2. The highest BCUT2D eigenvalue weighted by Crippen LogP contribution is 2.26. The molecule has 5 heteroatoms. The largest absolute Gasteiger partial charge is 0.358 e. The van der Waals surface area contributed by atoms with E-state index in [1.54, 1.807) is 19.4 Å². The molecule has 0 aliphatic carbocycles. The van der Waals surface area contributed by atoms with Crippen molar-refractivity contribution < 1.29 is 4.79 Å². The first-order valence-electron chi connectivity index (χ1n) is 5.31. The van der Waals surface area contributed by atoms with Gasteiger partial charge in [-0.15, -0.1) is 0 Å². The van der Waals surface area contributed by atoms with E-state index in [1.807, 2.05) is 6.07 Å². The van der Waals surface area contributed by atoms with Gasteiger partial charge in [0, 0.05) is 24.3 Å². The van der Waals surface area contributed by atoms with Crippen LogP contribution in [-0.4, -0.2) is 30.5 Å². The van der Waals surface area contributed by atoms with Gasteiger partial charge in [0.05, 0.1) is 11.9 Å². The molecule has 0 bridgehead atoms. The monoisotopic (exact) mass is 283 g/mol. The van der Waals surface area contributed by atoms with E-state index in [0.29, 0.717) is 0 Å². The Hall–Kier alpha value is -1.10. The predicted octanol–water partition coefficient (Wildman–Crippen LogP) is 1.56. The molecule has 1 N–H and O–H groups in total. The molecule has 2 heterocycles. The van der Waals surface area contributed by atoms with Gasteiger partial charge in [-0.05, 0) is 34.8 Å². The average Bonchev–Trinajstić information content (AvgIpc) is 2.77. The first kappa shape index (κ1) is 11.4. The normalized spacial score (nSPS) is 19.9. The summed E-state index contributed by atoms with van der Waals surface area (Å²) >= 11 is 3.39. The summed E-state index contributed by atoms with van der Waals surface area (Å²) in [5, 5.41) is 2.71. The summed E-state index contributed by atoms with van der Waals surface area (Å²) < 4.78 is 0.938. The van der Waals surface area contributed by atoms with E-state index in [2.05, 4.69) is 31.1 Å². The molecule has 0 spiro atoms. The number of carbonyl (C=O) groups excluding carboxylic acids is 1. The number of nitrogens with one attached hydrogen (secondary N) is 1. The van der Waals surface area contributed by atoms with E-state index in [9.17, 15) is 4.79 Å². The Morgan fingerprint density at radius 2 is 2.44 bits per heavy atom. The number of nitrogens with zero attached hydrogens (tertiary/aromatic N) is 2. The Bertz CT molecular complexity index is 397. The fourth-order valence-electron chi connectivity index (χ4n) is 2.07. The molecule has 2 rings (SSSR count). The maximum absolute atomic E-state index is 11.7. The van der Waals surface area contributed by atoms with Crippen molar-refractivity contribution in [3.63, 3.8) is 0 Å². The van der Waals surface area contributed by atoms with Crippen LogP contribution in [0.2, 0.25) is 0 Å². The lowest BCUT2D eigenvalue weighted by molar-refractivity contribution is -0.121. The summed E-state index contributed by atoms with van der Waals surface area (Å²) in [4.78, 5) is 17.9. The van der Waals surface area contributed by atoms with Crippen LogP contribution >= 0.6 is 15.9 Å². The van der Waals surface area contributed by atoms with Gasteiger partial charge in [0.2, 0.25) is 5.91 Å². The molecule has 1 aliphatic rings. The lowest BCUT2D eigenvalue weighted by atomic mass is 10.2. The van der Waals surface area contributed by atoms with E-state index in [1.165, 1.54) is 0 Å². The molecule has 1 aromatic heterocycles. The fourth-order valence-corrected chi connectivity index (χ4v) is 2.43. The number of aromatic nitrogens is 1. The molecule has 1 saturated heterocycles. The quantitative estimate of drug-likeness (QED) is 0.896. The molecule has 1 aromatic rings. The molecule has 1 unspecified atom stereocenters. The number of halogens is 1. The first-order valence-corrected chi connectivity index (χ1v) is 6.10. The Balaban J connectivity index is 2.23. The van der Waals surface area contributed by atoms with Crippen LogP contribution in [0.4, 0.5) is 5.69 Å². The summed E-state index contributed by atoms with van der Waals surface area (Å²) in [6.45, 7) is 0.913. The van der Waals surface area contributed by atoms with Crippen LogP contribution in [0.3, 0.4) is 0 Å². The molecule has 4 nitrogen and oxygen atoms in total. The van der Waals surface area contributed by atoms with Gasteiger partial charge >= 0.3 is 0 Å². The van der Waals surface area contributed by atoms with E-state index < -0.39 is 0 Å². The number of likely N-dealkylation sites (N-methyl/N-ethyl adjacent to an activating group) is 1. The lowest BCUT2D eigenvalue weighted by Gasteiger charge is -2.25. The molecular weight excluding hydrogens is 270 g/mol. The van der Waals surface area contributed by atoms with Crippen molar-refractivity contribution in [1.82, 2.24) is 10.3 Å². The minimum Gasteiger partial charge on any atom is -0.358 e. The van der Waals surface area contributed by atoms with Gasteiger partial charge in [0.15, 0.2) is 0 Å². The number of carbonyl (C=O) groups is 1. The summed E-state index contributed by atoms with van der Waals surface area (Å²) in [6.07, 6.45) is 5.50. The molecule has 0 radical (unpaired) electrons. The van der Waals surface area contributed by atoms with Gasteiger partial charge < -0.3 is 10.2 Å². The van der Waals surface area contributed by atoms with Crippen LogP contribution in [0, 0.1) is 0 Å². The first-order chi connectivity index (χ1) is 7.72. The Morgan fingerprint density at radius 3 is 3.12 bits per heavy atom. The molecule has 16 heavy (non-hydrogen) atoms. The zero-order chi connectivity index (χ0) is 11.5. The van der Waals surface area contributed by atoms with Gasteiger partial charge in [-0.3, -0.25) is 9.78 Å². The van der Waals surface area contributed by atoms with Crippen molar-refractivity contribution in [2.24, 2.45) is 0 Å². The summed E-state index contributed by atoms with van der Waals surface area (Å²) in [7, 11) is 1.68. The van der Waals surface area contributed by atoms with Crippen molar-refractivity contribution in [3.05, 3.63) is 22.9 Å². The number of hydrogen-bond acceptors (Lipinski definition) is 3. The van der Waals surface area contributed by atoms with Crippen molar-refractivity contribution in [3.8, 4) is 0 Å². The second kappa shape index (κ2) is 4.82. The molecule has 0 saturated carbocycles. The Kier molecular flexibility index (Phi) is 3.43. The third-order valence-corrected chi connectivity index (χ3v) is 3.26. The van der Waals surface area contributed by atoms with E-state index in [4.69, 9.17) is 0 Å². The summed E-state index contributed by atoms with van der Waals surface area (Å²) in [5.41, 5.74) is 1.00. The standard InChI is InChI=1S/C11H14BrN3O/c1-13-11(16)10-3-2-4-15(10)9-5-8(12)6-14-7-9/h5-7,10H,2-4H2,1H3,(H,13,16). The molecular formula is C11H14BrN3O. The number of pyridine rings is 1. The van der Waals surface area contributed by atoms with Gasteiger partial charge in [-0.2, -0.15) is 0 Å². The lowest BCUT2D eigenvalue weighted by Crippen LogP contribution is -2.42. The number of anilines is 1. The van der Waals surface area contributed by atoms with Gasteiger partial charge in [-0.1, -0.05) is 0 Å². The Morgan fingerprint density at radius 1 is 1.62 bits per heavy atom. The minimum absolute atomic E-state index is 0.0545. The number of hydrogen-bond donors (Lipinski definition) is 1. The van der Waals surface area contributed by atoms with Crippen LogP contribution in [0.25, 0.3) is 0 Å². The van der Waals surface area contributed by atoms with Crippen molar-refractivity contribution >= 4 is 27.5 Å². The molecule has 1 fully saturated rings. The third kappa shape index (κ3) is 2.19. The van der Waals surface area contributed by atoms with E-state index >= 15 is 0 Å². The van der Waals surface area contributed by atoms with Crippen LogP contribution in [0.1, 0.15) is 12.8 Å². The van der Waals surface area contributed by atoms with Crippen LogP contribution in [-0.2, 0) is 4.79 Å². The zero-order valence-corrected chi connectivity index (χ0v) is 10.7. The minimum atomic E-state index is -0.0545. The predicted molar refractivity (Wildman–Crippen MR) is 66.4 cm³/mol. The molecule has 0 aromatic carbocycles. The van der Waals surface area contributed by atoms with Gasteiger partial charge in [-0.25, -0.2) is 0 Å². The van der Waals surface area contributed by atoms with E-state index in [0.717, 1.165) is 29.5 Å². The highest BCUT2D eigenvalue weighted by Gasteiger charge is 2.30. The molecule has 86 valence electrons. The molecule has 1 amide bonds. The summed E-state index contributed by atoms with van der Waals surface area (Å²) in [6, 6.07) is 1.94. The third-order valence-electron chi connectivity index (χ3n) is 2.82. The topological polar surface area (TPSA) is 45.2 Å². The Labute approximate surface area is 103 Å². The van der Waals surface area contributed by atoms with Gasteiger partial charge in [0.25, 0.3) is 0 Å². The number of amides is 1. The summed E-state index contributed by atoms with van der Waals surface area (Å²) in [5.74, 6) is 0.0810. The maximum atomic E-state index is 11.7. The zero-order valence-electron chi connectivity index (χ0n) is 9.11. The SMILES string of the molecule is CNC(=O)C1CCCN1c1cncc(Br)c1. The van der Waals surface area contributed by atoms with Crippen LogP contribution < -0.4 is 10.2 Å².